The molecule has 9 heteroatoms. The monoisotopic (exact) mass is 395 g/mol. The van der Waals surface area contributed by atoms with Crippen LogP contribution in [0.4, 0.5) is 11.8 Å². The molecule has 9 nitrogen and oxygen atoms in total. The molecule has 2 aromatic rings. The van der Waals surface area contributed by atoms with Crippen LogP contribution < -0.4 is 21.3 Å². The van der Waals surface area contributed by atoms with Crippen molar-refractivity contribution in [2.75, 3.05) is 30.3 Å². The van der Waals surface area contributed by atoms with Crippen LogP contribution in [0.5, 0.6) is 5.75 Å². The van der Waals surface area contributed by atoms with Gasteiger partial charge in [-0.2, -0.15) is 10.2 Å². The van der Waals surface area contributed by atoms with E-state index in [4.69, 9.17) is 0 Å². The maximum absolute atomic E-state index is 12.1. The third-order valence-electron chi connectivity index (χ3n) is 4.69. The van der Waals surface area contributed by atoms with Gasteiger partial charge in [-0.05, 0) is 32.0 Å². The van der Waals surface area contributed by atoms with E-state index in [0.717, 1.165) is 25.9 Å². The zero-order valence-electron chi connectivity index (χ0n) is 16.1. The van der Waals surface area contributed by atoms with Gasteiger partial charge in [0.25, 0.3) is 0 Å². The molecule has 0 unspecified atom stereocenters. The van der Waals surface area contributed by atoms with Gasteiger partial charge in [0.1, 0.15) is 23.2 Å². The van der Waals surface area contributed by atoms with Crippen molar-refractivity contribution in [3.63, 3.8) is 0 Å². The van der Waals surface area contributed by atoms with Crippen molar-refractivity contribution in [1.82, 2.24) is 20.6 Å². The highest BCUT2D eigenvalue weighted by Gasteiger charge is 2.15. The van der Waals surface area contributed by atoms with Crippen molar-refractivity contribution < 1.29 is 9.90 Å². The first kappa shape index (κ1) is 20.4. The Morgan fingerprint density at radius 3 is 2.83 bits per heavy atom. The molecule has 0 radical (unpaired) electrons. The zero-order chi connectivity index (χ0) is 20.5. The summed E-state index contributed by atoms with van der Waals surface area (Å²) in [5, 5.41) is 31.5. The van der Waals surface area contributed by atoms with E-state index in [1.165, 1.54) is 6.20 Å². The SMILES string of the molecule is N#Cc1cnc(NCc2ccccc2O)nc1NCCC(=O)NC1CCNCC1. The number of benzene rings is 1. The summed E-state index contributed by atoms with van der Waals surface area (Å²) in [5.74, 6) is 0.868. The molecule has 1 aromatic carbocycles. The minimum Gasteiger partial charge on any atom is -0.508 e. The molecule has 0 aliphatic carbocycles. The molecule has 0 saturated carbocycles. The summed E-state index contributed by atoms with van der Waals surface area (Å²) in [6.07, 6.45) is 3.60. The predicted molar refractivity (Wildman–Crippen MR) is 109 cm³/mol. The van der Waals surface area contributed by atoms with Crippen molar-refractivity contribution in [2.45, 2.75) is 31.8 Å². The topological polar surface area (TPSA) is 135 Å². The van der Waals surface area contributed by atoms with E-state index in [-0.39, 0.29) is 17.7 Å². The average molecular weight is 395 g/mol. The highest BCUT2D eigenvalue weighted by atomic mass is 16.3. The quantitative estimate of drug-likeness (QED) is 0.452. The second kappa shape index (κ2) is 10.2. The summed E-state index contributed by atoms with van der Waals surface area (Å²) in [7, 11) is 0. The Balaban J connectivity index is 1.52. The number of para-hydroxylation sites is 1. The van der Waals surface area contributed by atoms with Crippen molar-refractivity contribution in [2.24, 2.45) is 0 Å². The van der Waals surface area contributed by atoms with E-state index < -0.39 is 0 Å². The molecule has 1 saturated heterocycles. The fourth-order valence-corrected chi connectivity index (χ4v) is 3.08. The zero-order valence-corrected chi connectivity index (χ0v) is 16.1. The number of aromatic nitrogens is 2. The van der Waals surface area contributed by atoms with Crippen LogP contribution in [0.2, 0.25) is 0 Å². The largest absolute Gasteiger partial charge is 0.508 e. The fourth-order valence-electron chi connectivity index (χ4n) is 3.08. The van der Waals surface area contributed by atoms with E-state index in [9.17, 15) is 15.2 Å². The lowest BCUT2D eigenvalue weighted by Gasteiger charge is -2.23. The first-order valence-corrected chi connectivity index (χ1v) is 9.67. The first-order chi connectivity index (χ1) is 14.2. The molecule has 5 N–H and O–H groups in total. The summed E-state index contributed by atoms with van der Waals surface area (Å²) in [6, 6.07) is 9.26. The Bertz CT molecular complexity index is 875. The molecule has 2 heterocycles. The average Bonchev–Trinajstić information content (AvgIpc) is 2.74. The second-order valence-electron chi connectivity index (χ2n) is 6.82. The summed E-state index contributed by atoms with van der Waals surface area (Å²) < 4.78 is 0. The molecule has 0 bridgehead atoms. The van der Waals surface area contributed by atoms with Crippen molar-refractivity contribution in [1.29, 1.82) is 5.26 Å². The van der Waals surface area contributed by atoms with Crippen LogP contribution in [0.3, 0.4) is 0 Å². The van der Waals surface area contributed by atoms with Crippen LogP contribution in [-0.2, 0) is 11.3 Å². The summed E-state index contributed by atoms with van der Waals surface area (Å²) in [5.41, 5.74) is 1.02. The van der Waals surface area contributed by atoms with Crippen LogP contribution in [0.25, 0.3) is 0 Å². The van der Waals surface area contributed by atoms with E-state index in [0.29, 0.717) is 42.4 Å². The minimum absolute atomic E-state index is 0.0186. The molecule has 0 spiro atoms. The molecule has 0 atom stereocenters. The minimum atomic E-state index is -0.0186. The number of piperidine rings is 1. The number of rotatable bonds is 8. The number of phenolic OH excluding ortho intramolecular Hbond substituents is 1. The standard InChI is InChI=1S/C20H25N7O2/c21-11-15-13-25-20(24-12-14-3-1-2-4-17(14)28)27-19(15)23-10-7-18(29)26-16-5-8-22-9-6-16/h1-4,13,16,22,28H,5-10,12H2,(H,26,29)(H2,23,24,25,27). The molecule has 1 aliphatic rings. The van der Waals surface area contributed by atoms with E-state index in [1.54, 1.807) is 18.2 Å². The molecule has 3 rings (SSSR count). The number of nitrogens with one attached hydrogen (secondary N) is 4. The van der Waals surface area contributed by atoms with Gasteiger partial charge in [0.15, 0.2) is 0 Å². The molecule has 29 heavy (non-hydrogen) atoms. The fraction of sp³-hybridized carbons (Fsp3) is 0.400. The molecule has 1 aliphatic heterocycles. The molecule has 152 valence electrons. The number of hydrogen-bond acceptors (Lipinski definition) is 8. The first-order valence-electron chi connectivity index (χ1n) is 9.67. The highest BCUT2D eigenvalue weighted by Crippen LogP contribution is 2.18. The smallest absolute Gasteiger partial charge is 0.224 e. The number of anilines is 2. The van der Waals surface area contributed by atoms with Crippen molar-refractivity contribution >= 4 is 17.7 Å². The van der Waals surface area contributed by atoms with Gasteiger partial charge in [-0.15, -0.1) is 0 Å². The third kappa shape index (κ3) is 6.05. The highest BCUT2D eigenvalue weighted by molar-refractivity contribution is 5.76. The van der Waals surface area contributed by atoms with Gasteiger partial charge in [-0.3, -0.25) is 4.79 Å². The van der Waals surface area contributed by atoms with Gasteiger partial charge < -0.3 is 26.4 Å². The Hall–Kier alpha value is -3.38. The number of nitriles is 1. The Morgan fingerprint density at radius 2 is 2.07 bits per heavy atom. The van der Waals surface area contributed by atoms with Crippen molar-refractivity contribution in [3.05, 3.63) is 41.6 Å². The van der Waals surface area contributed by atoms with Crippen molar-refractivity contribution in [3.8, 4) is 11.8 Å². The number of nitrogens with zero attached hydrogens (tertiary/aromatic N) is 3. The molecular formula is C20H25N7O2. The lowest BCUT2D eigenvalue weighted by atomic mass is 10.1. The number of carbonyl (C=O) groups excluding carboxylic acids is 1. The molecule has 1 aromatic heterocycles. The van der Waals surface area contributed by atoms with Crippen LogP contribution in [0.15, 0.2) is 30.5 Å². The number of phenols is 1. The van der Waals surface area contributed by atoms with Gasteiger partial charge in [0, 0.05) is 31.1 Å². The van der Waals surface area contributed by atoms with E-state index in [2.05, 4.69) is 31.2 Å². The van der Waals surface area contributed by atoms with Gasteiger partial charge in [0.2, 0.25) is 11.9 Å². The van der Waals surface area contributed by atoms with Gasteiger partial charge >= 0.3 is 0 Å². The van der Waals surface area contributed by atoms with Crippen LogP contribution >= 0.6 is 0 Å². The maximum atomic E-state index is 12.1. The van der Waals surface area contributed by atoms with Crippen LogP contribution in [0.1, 0.15) is 30.4 Å². The lowest BCUT2D eigenvalue weighted by Crippen LogP contribution is -2.43. The maximum Gasteiger partial charge on any atom is 0.224 e. The predicted octanol–water partition coefficient (Wildman–Crippen LogP) is 1.34. The molecule has 1 amide bonds. The Labute approximate surface area is 169 Å². The number of carbonyl (C=O) groups is 1. The summed E-state index contributed by atoms with van der Waals surface area (Å²) in [4.78, 5) is 20.6. The Morgan fingerprint density at radius 1 is 1.28 bits per heavy atom. The normalized spacial score (nSPS) is 14.0. The van der Waals surface area contributed by atoms with E-state index >= 15 is 0 Å². The summed E-state index contributed by atoms with van der Waals surface area (Å²) in [6.45, 7) is 2.55. The lowest BCUT2D eigenvalue weighted by molar-refractivity contribution is -0.121. The Kier molecular flexibility index (Phi) is 7.19. The van der Waals surface area contributed by atoms with Gasteiger partial charge in [-0.1, -0.05) is 18.2 Å². The molecule has 1 fully saturated rings. The second-order valence-corrected chi connectivity index (χ2v) is 6.82. The van der Waals surface area contributed by atoms with Crippen LogP contribution in [-0.4, -0.2) is 46.7 Å². The summed E-state index contributed by atoms with van der Waals surface area (Å²) >= 11 is 0. The van der Waals surface area contributed by atoms with Crippen LogP contribution in [0, 0.1) is 11.3 Å². The number of amides is 1. The van der Waals surface area contributed by atoms with E-state index in [1.807, 2.05) is 12.1 Å². The van der Waals surface area contributed by atoms with Gasteiger partial charge in [0.05, 0.1) is 6.20 Å². The van der Waals surface area contributed by atoms with Gasteiger partial charge in [-0.25, -0.2) is 4.98 Å². The number of hydrogen-bond donors (Lipinski definition) is 5. The third-order valence-corrected chi connectivity index (χ3v) is 4.69. The molecular weight excluding hydrogens is 370 g/mol. The number of aromatic hydroxyl groups is 1.